The Morgan fingerprint density at radius 3 is 2.81 bits per heavy atom. The number of benzene rings is 1. The maximum Gasteiger partial charge on any atom is 0.161 e. The third kappa shape index (κ3) is 3.69. The zero-order valence-electron chi connectivity index (χ0n) is 13.0. The molecule has 4 heteroatoms. The molecule has 4 nitrogen and oxygen atoms in total. The SMILES string of the molecule is CC(CC1CCCN1)NC(C)c1ccc2c(c1)OCCO2. The van der Waals surface area contributed by atoms with Crippen LogP contribution < -0.4 is 20.1 Å². The van der Waals surface area contributed by atoms with Crippen LogP contribution in [0.3, 0.4) is 0 Å². The van der Waals surface area contributed by atoms with E-state index < -0.39 is 0 Å². The van der Waals surface area contributed by atoms with E-state index in [0.29, 0.717) is 31.3 Å². The van der Waals surface area contributed by atoms with Crippen molar-refractivity contribution >= 4 is 0 Å². The second kappa shape index (κ2) is 6.67. The van der Waals surface area contributed by atoms with Gasteiger partial charge in [-0.25, -0.2) is 0 Å². The minimum absolute atomic E-state index is 0.317. The Bertz CT molecular complexity index is 472. The van der Waals surface area contributed by atoms with E-state index in [4.69, 9.17) is 9.47 Å². The van der Waals surface area contributed by atoms with Crippen molar-refractivity contribution in [3.63, 3.8) is 0 Å². The zero-order valence-corrected chi connectivity index (χ0v) is 13.0. The van der Waals surface area contributed by atoms with E-state index in [0.717, 1.165) is 11.5 Å². The molecule has 0 radical (unpaired) electrons. The summed E-state index contributed by atoms with van der Waals surface area (Å²) < 4.78 is 11.2. The fourth-order valence-electron chi connectivity index (χ4n) is 3.30. The molecule has 21 heavy (non-hydrogen) atoms. The largest absolute Gasteiger partial charge is 0.486 e. The molecule has 2 aliphatic rings. The van der Waals surface area contributed by atoms with Crippen molar-refractivity contribution in [2.24, 2.45) is 0 Å². The number of hydrogen-bond donors (Lipinski definition) is 2. The van der Waals surface area contributed by atoms with Crippen molar-refractivity contribution in [3.8, 4) is 11.5 Å². The summed E-state index contributed by atoms with van der Waals surface area (Å²) >= 11 is 0. The Morgan fingerprint density at radius 1 is 1.24 bits per heavy atom. The van der Waals surface area contributed by atoms with Crippen LogP contribution in [0.1, 0.15) is 44.7 Å². The van der Waals surface area contributed by atoms with E-state index in [-0.39, 0.29) is 0 Å². The average Bonchev–Trinajstić information content (AvgIpc) is 2.99. The first kappa shape index (κ1) is 14.7. The monoisotopic (exact) mass is 290 g/mol. The summed E-state index contributed by atoms with van der Waals surface area (Å²) in [6, 6.07) is 7.75. The molecular formula is C17H26N2O2. The zero-order chi connectivity index (χ0) is 14.7. The van der Waals surface area contributed by atoms with Gasteiger partial charge in [0.25, 0.3) is 0 Å². The van der Waals surface area contributed by atoms with Gasteiger partial charge in [0.1, 0.15) is 13.2 Å². The molecular weight excluding hydrogens is 264 g/mol. The first-order valence-corrected chi connectivity index (χ1v) is 8.11. The van der Waals surface area contributed by atoms with Crippen LogP contribution in [0.5, 0.6) is 11.5 Å². The Kier molecular flexibility index (Phi) is 4.66. The van der Waals surface area contributed by atoms with Crippen molar-refractivity contribution in [2.75, 3.05) is 19.8 Å². The first-order chi connectivity index (χ1) is 10.2. The smallest absolute Gasteiger partial charge is 0.161 e. The van der Waals surface area contributed by atoms with Gasteiger partial charge in [-0.15, -0.1) is 0 Å². The van der Waals surface area contributed by atoms with E-state index in [1.165, 1.54) is 31.4 Å². The van der Waals surface area contributed by atoms with Gasteiger partial charge in [0.2, 0.25) is 0 Å². The molecule has 0 bridgehead atoms. The molecule has 3 rings (SSSR count). The van der Waals surface area contributed by atoms with Crippen LogP contribution in [0.15, 0.2) is 18.2 Å². The van der Waals surface area contributed by atoms with Crippen LogP contribution in [0, 0.1) is 0 Å². The van der Waals surface area contributed by atoms with Crippen molar-refractivity contribution in [1.29, 1.82) is 0 Å². The predicted molar refractivity (Wildman–Crippen MR) is 84.1 cm³/mol. The van der Waals surface area contributed by atoms with Crippen LogP contribution in [0.25, 0.3) is 0 Å². The highest BCUT2D eigenvalue weighted by Crippen LogP contribution is 2.32. The van der Waals surface area contributed by atoms with E-state index >= 15 is 0 Å². The third-order valence-electron chi connectivity index (χ3n) is 4.40. The van der Waals surface area contributed by atoms with Crippen molar-refractivity contribution in [2.45, 2.75) is 51.2 Å². The molecule has 1 aromatic carbocycles. The Hall–Kier alpha value is -1.26. The Morgan fingerprint density at radius 2 is 2.05 bits per heavy atom. The van der Waals surface area contributed by atoms with E-state index in [9.17, 15) is 0 Å². The van der Waals surface area contributed by atoms with Crippen LogP contribution in [0.2, 0.25) is 0 Å². The highest BCUT2D eigenvalue weighted by atomic mass is 16.6. The van der Waals surface area contributed by atoms with Crippen LogP contribution >= 0.6 is 0 Å². The van der Waals surface area contributed by atoms with Gasteiger partial charge >= 0.3 is 0 Å². The van der Waals surface area contributed by atoms with E-state index in [1.807, 2.05) is 6.07 Å². The van der Waals surface area contributed by atoms with Crippen LogP contribution in [0.4, 0.5) is 0 Å². The van der Waals surface area contributed by atoms with Gasteiger partial charge < -0.3 is 20.1 Å². The molecule has 3 unspecified atom stereocenters. The summed E-state index contributed by atoms with van der Waals surface area (Å²) in [5, 5.41) is 7.26. The maximum absolute atomic E-state index is 5.66. The summed E-state index contributed by atoms with van der Waals surface area (Å²) in [7, 11) is 0. The predicted octanol–water partition coefficient (Wildman–Crippen LogP) is 2.64. The molecule has 116 valence electrons. The summed E-state index contributed by atoms with van der Waals surface area (Å²) in [6.45, 7) is 6.95. The summed E-state index contributed by atoms with van der Waals surface area (Å²) in [6.07, 6.45) is 3.81. The minimum atomic E-state index is 0.317. The van der Waals surface area contributed by atoms with E-state index in [1.54, 1.807) is 0 Å². The Labute approximate surface area is 127 Å². The second-order valence-corrected chi connectivity index (χ2v) is 6.22. The Balaban J connectivity index is 1.57. The number of ether oxygens (including phenoxy) is 2. The highest BCUT2D eigenvalue weighted by molar-refractivity contribution is 5.44. The van der Waals surface area contributed by atoms with E-state index in [2.05, 4.69) is 36.6 Å². The molecule has 0 spiro atoms. The van der Waals surface area contributed by atoms with Crippen molar-refractivity contribution < 1.29 is 9.47 Å². The normalized spacial score (nSPS) is 23.8. The third-order valence-corrected chi connectivity index (χ3v) is 4.40. The lowest BCUT2D eigenvalue weighted by molar-refractivity contribution is 0.171. The lowest BCUT2D eigenvalue weighted by Crippen LogP contribution is -2.35. The minimum Gasteiger partial charge on any atom is -0.486 e. The van der Waals surface area contributed by atoms with Gasteiger partial charge in [0, 0.05) is 18.1 Å². The van der Waals surface area contributed by atoms with Gasteiger partial charge in [-0.1, -0.05) is 6.07 Å². The number of nitrogens with one attached hydrogen (secondary N) is 2. The van der Waals surface area contributed by atoms with Crippen LogP contribution in [-0.4, -0.2) is 31.8 Å². The molecule has 2 aliphatic heterocycles. The van der Waals surface area contributed by atoms with Gasteiger partial charge in [-0.05, 0) is 57.4 Å². The van der Waals surface area contributed by atoms with Crippen molar-refractivity contribution in [3.05, 3.63) is 23.8 Å². The summed E-state index contributed by atoms with van der Waals surface area (Å²) in [5.74, 6) is 1.73. The van der Waals surface area contributed by atoms with Gasteiger partial charge in [0.15, 0.2) is 11.5 Å². The van der Waals surface area contributed by atoms with Gasteiger partial charge in [-0.2, -0.15) is 0 Å². The molecule has 2 heterocycles. The molecule has 0 aromatic heterocycles. The maximum atomic E-state index is 5.66. The average molecular weight is 290 g/mol. The molecule has 0 amide bonds. The van der Waals surface area contributed by atoms with Gasteiger partial charge in [-0.3, -0.25) is 0 Å². The fraction of sp³-hybridized carbons (Fsp3) is 0.647. The standard InChI is InChI=1S/C17H26N2O2/c1-12(10-15-4-3-7-18-15)19-13(2)14-5-6-16-17(11-14)21-9-8-20-16/h5-6,11-13,15,18-19H,3-4,7-10H2,1-2H3. The summed E-state index contributed by atoms with van der Waals surface area (Å²) in [5.41, 5.74) is 1.26. The number of hydrogen-bond acceptors (Lipinski definition) is 4. The quantitative estimate of drug-likeness (QED) is 0.875. The molecule has 3 atom stereocenters. The van der Waals surface area contributed by atoms with Crippen molar-refractivity contribution in [1.82, 2.24) is 10.6 Å². The molecule has 1 saturated heterocycles. The van der Waals surface area contributed by atoms with Crippen LogP contribution in [-0.2, 0) is 0 Å². The summed E-state index contributed by atoms with van der Waals surface area (Å²) in [4.78, 5) is 0. The first-order valence-electron chi connectivity index (χ1n) is 8.11. The molecule has 2 N–H and O–H groups in total. The molecule has 0 saturated carbocycles. The molecule has 0 aliphatic carbocycles. The topological polar surface area (TPSA) is 42.5 Å². The molecule has 1 fully saturated rings. The number of fused-ring (bicyclic) bond motifs is 1. The number of rotatable bonds is 5. The fourth-order valence-corrected chi connectivity index (χ4v) is 3.30. The second-order valence-electron chi connectivity index (χ2n) is 6.22. The highest BCUT2D eigenvalue weighted by Gasteiger charge is 2.19. The van der Waals surface area contributed by atoms with Gasteiger partial charge in [0.05, 0.1) is 0 Å². The lowest BCUT2D eigenvalue weighted by Gasteiger charge is -2.24. The molecule has 1 aromatic rings. The lowest BCUT2D eigenvalue weighted by atomic mass is 10.0.